The van der Waals surface area contributed by atoms with Crippen LogP contribution < -0.4 is 5.73 Å². The van der Waals surface area contributed by atoms with Gasteiger partial charge in [0.15, 0.2) is 0 Å². The Bertz CT molecular complexity index is 930. The fraction of sp³-hybridized carbons (Fsp3) is 0.854. The van der Waals surface area contributed by atoms with Crippen molar-refractivity contribution >= 4 is 19.8 Å². The van der Waals surface area contributed by atoms with Gasteiger partial charge in [0.05, 0.1) is 19.8 Å². The van der Waals surface area contributed by atoms with E-state index in [1.165, 1.54) is 116 Å². The molecule has 52 heavy (non-hydrogen) atoms. The first-order chi connectivity index (χ1) is 25.2. The monoisotopic (exact) mass is 760 g/mol. The number of phosphoric ester groups is 1. The molecule has 0 aliphatic rings. The number of carbonyl (C=O) groups is 2. The van der Waals surface area contributed by atoms with Crippen LogP contribution >= 0.6 is 7.82 Å². The summed E-state index contributed by atoms with van der Waals surface area (Å²) in [7, 11) is -4.61. The molecule has 0 aliphatic carbocycles. The largest absolute Gasteiger partial charge is 0.480 e. The summed E-state index contributed by atoms with van der Waals surface area (Å²) in [6.45, 7) is 3.85. The number of carboxylic acids is 1. The van der Waals surface area contributed by atoms with Gasteiger partial charge in [0, 0.05) is 13.0 Å². The quantitative estimate of drug-likeness (QED) is 0.0238. The van der Waals surface area contributed by atoms with Crippen molar-refractivity contribution in [3.05, 3.63) is 24.3 Å². The third kappa shape index (κ3) is 36.8. The van der Waals surface area contributed by atoms with E-state index in [0.29, 0.717) is 13.0 Å². The van der Waals surface area contributed by atoms with Gasteiger partial charge in [0.1, 0.15) is 12.1 Å². The van der Waals surface area contributed by atoms with Gasteiger partial charge in [-0.2, -0.15) is 0 Å². The maximum Gasteiger partial charge on any atom is 0.472 e. The van der Waals surface area contributed by atoms with Crippen molar-refractivity contribution in [1.82, 2.24) is 0 Å². The summed E-state index contributed by atoms with van der Waals surface area (Å²) in [6, 6.07) is -1.47. The van der Waals surface area contributed by atoms with Gasteiger partial charge in [0.2, 0.25) is 0 Å². The van der Waals surface area contributed by atoms with E-state index in [4.69, 9.17) is 29.4 Å². The van der Waals surface area contributed by atoms with E-state index in [1.807, 2.05) is 0 Å². The molecule has 0 spiro atoms. The standard InChI is InChI=1S/C41H78NO9P/c1-3-5-7-9-11-13-15-17-18-19-20-21-22-24-26-28-30-32-34-48-35-38(36-49-52(46,47)50-37-39(42)41(44)45)51-40(43)33-31-29-27-25-23-16-14-12-10-8-6-4-2/h11,13,17-18,38-39H,3-10,12,14-16,19-37,42H2,1-2H3,(H,44,45)(H,46,47)/b13-11-,18-17-. The second-order valence-electron chi connectivity index (χ2n) is 14.1. The van der Waals surface area contributed by atoms with E-state index >= 15 is 0 Å². The molecule has 3 atom stereocenters. The number of rotatable bonds is 40. The fourth-order valence-electron chi connectivity index (χ4n) is 5.69. The Labute approximate surface area is 317 Å². The van der Waals surface area contributed by atoms with E-state index in [1.54, 1.807) is 0 Å². The molecule has 0 heterocycles. The fourth-order valence-corrected chi connectivity index (χ4v) is 6.47. The van der Waals surface area contributed by atoms with E-state index in [9.17, 15) is 19.0 Å². The first-order valence-electron chi connectivity index (χ1n) is 20.9. The van der Waals surface area contributed by atoms with Crippen LogP contribution in [0, 0.1) is 0 Å². The minimum absolute atomic E-state index is 0.0164. The Balaban J connectivity index is 4.23. The third-order valence-electron chi connectivity index (χ3n) is 8.98. The number of allylic oxidation sites excluding steroid dienone is 4. The smallest absolute Gasteiger partial charge is 0.472 e. The van der Waals surface area contributed by atoms with Crippen LogP contribution in [0.15, 0.2) is 24.3 Å². The predicted octanol–water partition coefficient (Wildman–Crippen LogP) is 11.1. The predicted molar refractivity (Wildman–Crippen MR) is 212 cm³/mol. The number of hydrogen-bond donors (Lipinski definition) is 3. The summed E-state index contributed by atoms with van der Waals surface area (Å²) in [6.07, 6.45) is 39.4. The van der Waals surface area contributed by atoms with Gasteiger partial charge in [-0.05, 0) is 44.9 Å². The highest BCUT2D eigenvalue weighted by Crippen LogP contribution is 2.43. The molecule has 0 saturated carbocycles. The molecule has 306 valence electrons. The number of aliphatic carboxylic acids is 1. The molecular weight excluding hydrogens is 681 g/mol. The summed E-state index contributed by atoms with van der Waals surface area (Å²) in [5.74, 6) is -1.78. The molecule has 0 fully saturated rings. The Morgan fingerprint density at radius 1 is 0.615 bits per heavy atom. The topological polar surface area (TPSA) is 155 Å². The Morgan fingerprint density at radius 2 is 1.06 bits per heavy atom. The van der Waals surface area contributed by atoms with Crippen molar-refractivity contribution in [3.8, 4) is 0 Å². The van der Waals surface area contributed by atoms with Gasteiger partial charge >= 0.3 is 19.8 Å². The molecule has 10 nitrogen and oxygen atoms in total. The molecule has 0 aromatic rings. The number of phosphoric acid groups is 1. The van der Waals surface area contributed by atoms with Crippen LogP contribution in [0.3, 0.4) is 0 Å². The molecule has 0 amide bonds. The van der Waals surface area contributed by atoms with Crippen molar-refractivity contribution in [2.24, 2.45) is 5.73 Å². The molecule has 3 unspecified atom stereocenters. The lowest BCUT2D eigenvalue weighted by Crippen LogP contribution is -2.34. The summed E-state index contributed by atoms with van der Waals surface area (Å²) in [5, 5.41) is 8.88. The molecule has 11 heteroatoms. The van der Waals surface area contributed by atoms with Crippen LogP contribution in [0.5, 0.6) is 0 Å². The maximum absolute atomic E-state index is 12.6. The normalized spacial score (nSPS) is 14.2. The van der Waals surface area contributed by atoms with Crippen molar-refractivity contribution in [3.63, 3.8) is 0 Å². The van der Waals surface area contributed by atoms with Crippen LogP contribution in [0.2, 0.25) is 0 Å². The highest BCUT2D eigenvalue weighted by atomic mass is 31.2. The Hall–Kier alpha value is -1.55. The molecule has 0 aromatic heterocycles. The molecule has 0 aromatic carbocycles. The average molecular weight is 760 g/mol. The zero-order valence-electron chi connectivity index (χ0n) is 33.2. The SMILES string of the molecule is CCCCC/C=C\C/C=C\CCCCCCCCCCOCC(COP(=O)(O)OCC(N)C(=O)O)OC(=O)CCCCCCCCCCCCCC. The van der Waals surface area contributed by atoms with Gasteiger partial charge in [-0.3, -0.25) is 18.6 Å². The van der Waals surface area contributed by atoms with Gasteiger partial charge < -0.3 is 25.2 Å². The minimum Gasteiger partial charge on any atom is -0.480 e. The lowest BCUT2D eigenvalue weighted by molar-refractivity contribution is -0.154. The van der Waals surface area contributed by atoms with E-state index in [2.05, 4.69) is 38.2 Å². The molecule has 0 radical (unpaired) electrons. The summed E-state index contributed by atoms with van der Waals surface area (Å²) < 4.78 is 33.3. The van der Waals surface area contributed by atoms with Crippen LogP contribution in [0.25, 0.3) is 0 Å². The van der Waals surface area contributed by atoms with Crippen LogP contribution in [-0.4, -0.2) is 60.5 Å². The first-order valence-corrected chi connectivity index (χ1v) is 22.4. The number of nitrogens with two attached hydrogens (primary N) is 1. The van der Waals surface area contributed by atoms with Crippen LogP contribution in [0.4, 0.5) is 0 Å². The molecule has 4 N–H and O–H groups in total. The first kappa shape index (κ1) is 50.5. The lowest BCUT2D eigenvalue weighted by atomic mass is 10.0. The zero-order valence-corrected chi connectivity index (χ0v) is 34.1. The number of carboxylic acid groups (broad SMARTS) is 1. The van der Waals surface area contributed by atoms with Crippen molar-refractivity contribution < 1.29 is 42.7 Å². The molecular formula is C41H78NO9P. The number of esters is 1. The van der Waals surface area contributed by atoms with Crippen LogP contribution in [-0.2, 0) is 32.7 Å². The van der Waals surface area contributed by atoms with E-state index in [-0.39, 0.29) is 13.0 Å². The van der Waals surface area contributed by atoms with Gasteiger partial charge in [0.25, 0.3) is 0 Å². The number of unbranched alkanes of at least 4 members (excludes halogenated alkanes) is 22. The number of carbonyl (C=O) groups excluding carboxylic acids is 1. The minimum atomic E-state index is -4.61. The highest BCUT2D eigenvalue weighted by molar-refractivity contribution is 7.47. The Morgan fingerprint density at radius 3 is 1.60 bits per heavy atom. The second kappa shape index (κ2) is 37.8. The number of ether oxygens (including phenoxy) is 2. The molecule has 0 aliphatic heterocycles. The zero-order chi connectivity index (χ0) is 38.4. The highest BCUT2D eigenvalue weighted by Gasteiger charge is 2.27. The lowest BCUT2D eigenvalue weighted by Gasteiger charge is -2.20. The van der Waals surface area contributed by atoms with Crippen molar-refractivity contribution in [2.75, 3.05) is 26.4 Å². The van der Waals surface area contributed by atoms with E-state index in [0.717, 1.165) is 44.9 Å². The summed E-state index contributed by atoms with van der Waals surface area (Å²) >= 11 is 0. The van der Waals surface area contributed by atoms with Gasteiger partial charge in [-0.1, -0.05) is 160 Å². The van der Waals surface area contributed by atoms with Gasteiger partial charge in [-0.25, -0.2) is 4.57 Å². The molecule has 0 saturated heterocycles. The van der Waals surface area contributed by atoms with Gasteiger partial charge in [-0.15, -0.1) is 0 Å². The third-order valence-corrected chi connectivity index (χ3v) is 9.93. The molecule has 0 bridgehead atoms. The maximum atomic E-state index is 12.6. The average Bonchev–Trinajstić information content (AvgIpc) is 3.12. The van der Waals surface area contributed by atoms with Crippen molar-refractivity contribution in [1.29, 1.82) is 0 Å². The van der Waals surface area contributed by atoms with E-state index < -0.39 is 45.1 Å². The Kier molecular flexibility index (Phi) is 36.6. The second-order valence-corrected chi connectivity index (χ2v) is 15.6. The summed E-state index contributed by atoms with van der Waals surface area (Å²) in [5.41, 5.74) is 5.35. The van der Waals surface area contributed by atoms with Crippen LogP contribution in [0.1, 0.15) is 187 Å². The number of hydrogen-bond acceptors (Lipinski definition) is 8. The van der Waals surface area contributed by atoms with Crippen molar-refractivity contribution in [2.45, 2.75) is 199 Å². The molecule has 0 rings (SSSR count). The summed E-state index contributed by atoms with van der Waals surface area (Å²) in [4.78, 5) is 33.4.